The highest BCUT2D eigenvalue weighted by Gasteiger charge is 2.23. The number of carbonyl (C=O) groups is 1. The van der Waals surface area contributed by atoms with Crippen LogP contribution in [0.15, 0.2) is 64.9 Å². The molecule has 0 atom stereocenters. The van der Waals surface area contributed by atoms with Gasteiger partial charge in [-0.1, -0.05) is 30.0 Å². The van der Waals surface area contributed by atoms with Crippen LogP contribution in [0.3, 0.4) is 0 Å². The number of nitrogens with zero attached hydrogens (tertiary/aromatic N) is 4. The Hall–Kier alpha value is -2.89. The standard InChI is InChI=1S/C19H21N5O4S2/c1-23(2)30(26,27)17-11-14(9-10-16(17)28-3)21-18(25)12-29-19-20-13-24(22-19)15-7-5-4-6-8-15/h4-11,13H,12H2,1-3H3,(H,21,25). The summed E-state index contributed by atoms with van der Waals surface area (Å²) in [6.07, 6.45) is 1.58. The van der Waals surface area contributed by atoms with Crippen molar-refractivity contribution in [3.05, 3.63) is 54.9 Å². The molecule has 0 radical (unpaired) electrons. The number of sulfonamides is 1. The maximum absolute atomic E-state index is 12.5. The lowest BCUT2D eigenvalue weighted by Gasteiger charge is -2.15. The van der Waals surface area contributed by atoms with Crippen LogP contribution in [0.25, 0.3) is 5.69 Å². The highest BCUT2D eigenvalue weighted by molar-refractivity contribution is 7.99. The first kappa shape index (κ1) is 21.8. The van der Waals surface area contributed by atoms with Gasteiger partial charge in [0.15, 0.2) is 0 Å². The van der Waals surface area contributed by atoms with Crippen LogP contribution in [0.4, 0.5) is 5.69 Å². The van der Waals surface area contributed by atoms with Crippen molar-refractivity contribution in [1.82, 2.24) is 19.1 Å². The van der Waals surface area contributed by atoms with Crippen molar-refractivity contribution in [2.45, 2.75) is 10.1 Å². The van der Waals surface area contributed by atoms with Crippen LogP contribution in [-0.2, 0) is 14.8 Å². The Morgan fingerprint density at radius 3 is 2.60 bits per heavy atom. The molecule has 11 heteroatoms. The van der Waals surface area contributed by atoms with Crippen molar-refractivity contribution in [3.63, 3.8) is 0 Å². The predicted molar refractivity (Wildman–Crippen MR) is 115 cm³/mol. The van der Waals surface area contributed by atoms with E-state index in [-0.39, 0.29) is 22.3 Å². The second-order valence-electron chi connectivity index (χ2n) is 6.30. The van der Waals surface area contributed by atoms with E-state index in [1.54, 1.807) is 17.1 Å². The number of ether oxygens (including phenoxy) is 1. The van der Waals surface area contributed by atoms with Crippen LogP contribution >= 0.6 is 11.8 Å². The van der Waals surface area contributed by atoms with Crippen molar-refractivity contribution in [2.75, 3.05) is 32.3 Å². The molecule has 1 N–H and O–H groups in total. The summed E-state index contributed by atoms with van der Waals surface area (Å²) in [6.45, 7) is 0. The molecule has 0 bridgehead atoms. The van der Waals surface area contributed by atoms with Crippen LogP contribution < -0.4 is 10.1 Å². The summed E-state index contributed by atoms with van der Waals surface area (Å²) in [5, 5.41) is 7.49. The molecule has 158 valence electrons. The number of methoxy groups -OCH3 is 1. The van der Waals surface area contributed by atoms with Gasteiger partial charge in [0, 0.05) is 19.8 Å². The molecule has 0 aliphatic carbocycles. The quantitative estimate of drug-likeness (QED) is 0.528. The predicted octanol–water partition coefficient (Wildman–Crippen LogP) is 2.26. The molecule has 0 spiro atoms. The topological polar surface area (TPSA) is 106 Å². The Morgan fingerprint density at radius 1 is 1.20 bits per heavy atom. The van der Waals surface area contributed by atoms with E-state index in [0.717, 1.165) is 9.99 Å². The van der Waals surface area contributed by atoms with E-state index >= 15 is 0 Å². The third kappa shape index (κ3) is 4.99. The van der Waals surface area contributed by atoms with Crippen LogP contribution in [0, 0.1) is 0 Å². The van der Waals surface area contributed by atoms with Crippen LogP contribution in [0.1, 0.15) is 0 Å². The van der Waals surface area contributed by atoms with Gasteiger partial charge < -0.3 is 10.1 Å². The lowest BCUT2D eigenvalue weighted by Crippen LogP contribution is -2.23. The number of carbonyl (C=O) groups excluding carboxylic acids is 1. The van der Waals surface area contributed by atoms with Crippen LogP contribution in [0.5, 0.6) is 5.75 Å². The smallest absolute Gasteiger partial charge is 0.246 e. The number of thioether (sulfide) groups is 1. The molecule has 0 aliphatic heterocycles. The summed E-state index contributed by atoms with van der Waals surface area (Å²) in [6, 6.07) is 14.0. The minimum Gasteiger partial charge on any atom is -0.495 e. The molecule has 1 heterocycles. The third-order valence-electron chi connectivity index (χ3n) is 4.03. The highest BCUT2D eigenvalue weighted by atomic mass is 32.2. The average Bonchev–Trinajstić information content (AvgIpc) is 3.22. The minimum absolute atomic E-state index is 0.0243. The molecule has 3 rings (SSSR count). The molecule has 0 aliphatic rings. The molecular weight excluding hydrogens is 426 g/mol. The molecule has 0 unspecified atom stereocenters. The van der Waals surface area contributed by atoms with E-state index in [4.69, 9.17) is 4.74 Å². The molecule has 0 saturated carbocycles. The Bertz CT molecular complexity index is 1130. The molecule has 30 heavy (non-hydrogen) atoms. The van der Waals surface area contributed by atoms with Crippen molar-refractivity contribution in [2.24, 2.45) is 0 Å². The molecule has 0 fully saturated rings. The first-order valence-electron chi connectivity index (χ1n) is 8.81. The number of hydrogen-bond donors (Lipinski definition) is 1. The maximum atomic E-state index is 12.5. The Kier molecular flexibility index (Phi) is 6.75. The number of hydrogen-bond acceptors (Lipinski definition) is 7. The van der Waals surface area contributed by atoms with E-state index in [0.29, 0.717) is 10.8 Å². The van der Waals surface area contributed by atoms with Crippen molar-refractivity contribution >= 4 is 33.4 Å². The Labute approximate surface area is 179 Å². The Morgan fingerprint density at radius 2 is 1.93 bits per heavy atom. The van der Waals surface area contributed by atoms with Crippen LogP contribution in [-0.4, -0.2) is 60.4 Å². The maximum Gasteiger partial charge on any atom is 0.246 e. The summed E-state index contributed by atoms with van der Waals surface area (Å²) < 4.78 is 32.8. The largest absolute Gasteiger partial charge is 0.495 e. The molecule has 1 aromatic heterocycles. The number of nitrogens with one attached hydrogen (secondary N) is 1. The molecule has 0 saturated heterocycles. The second kappa shape index (κ2) is 9.28. The number of para-hydroxylation sites is 1. The molecule has 9 nitrogen and oxygen atoms in total. The van der Waals surface area contributed by atoms with Gasteiger partial charge in [-0.15, -0.1) is 5.10 Å². The summed E-state index contributed by atoms with van der Waals surface area (Å²) in [5.74, 6) is -0.0400. The molecular formula is C19H21N5O4S2. The van der Waals surface area contributed by atoms with Gasteiger partial charge in [0.2, 0.25) is 21.1 Å². The monoisotopic (exact) mass is 447 g/mol. The zero-order valence-electron chi connectivity index (χ0n) is 16.6. The van der Waals surface area contributed by atoms with Gasteiger partial charge in [0.05, 0.1) is 18.6 Å². The van der Waals surface area contributed by atoms with Gasteiger partial charge in [0.1, 0.15) is 17.0 Å². The van der Waals surface area contributed by atoms with Crippen molar-refractivity contribution in [3.8, 4) is 11.4 Å². The number of aromatic nitrogens is 3. The lowest BCUT2D eigenvalue weighted by atomic mass is 10.3. The SMILES string of the molecule is COc1ccc(NC(=O)CSc2ncn(-c3ccccc3)n2)cc1S(=O)(=O)N(C)C. The van der Waals surface area contributed by atoms with Gasteiger partial charge in [-0.05, 0) is 30.3 Å². The molecule has 1 amide bonds. The summed E-state index contributed by atoms with van der Waals surface area (Å²) in [4.78, 5) is 16.5. The summed E-state index contributed by atoms with van der Waals surface area (Å²) in [7, 11) is 0.519. The Balaban J connectivity index is 1.66. The number of amides is 1. The highest BCUT2D eigenvalue weighted by Crippen LogP contribution is 2.29. The van der Waals surface area contributed by atoms with Gasteiger partial charge in [-0.2, -0.15) is 0 Å². The first-order valence-corrected chi connectivity index (χ1v) is 11.2. The van der Waals surface area contributed by atoms with E-state index in [1.807, 2.05) is 30.3 Å². The van der Waals surface area contributed by atoms with E-state index in [1.165, 1.54) is 45.1 Å². The second-order valence-corrected chi connectivity index (χ2v) is 9.36. The van der Waals surface area contributed by atoms with E-state index < -0.39 is 10.0 Å². The summed E-state index contributed by atoms with van der Waals surface area (Å²) >= 11 is 1.18. The zero-order chi connectivity index (χ0) is 21.7. The average molecular weight is 448 g/mol. The van der Waals surface area contributed by atoms with Gasteiger partial charge in [-0.25, -0.2) is 22.4 Å². The third-order valence-corrected chi connectivity index (χ3v) is 6.72. The van der Waals surface area contributed by atoms with Crippen molar-refractivity contribution < 1.29 is 17.9 Å². The van der Waals surface area contributed by atoms with E-state index in [9.17, 15) is 13.2 Å². The first-order chi connectivity index (χ1) is 14.3. The van der Waals surface area contributed by atoms with Gasteiger partial charge >= 0.3 is 0 Å². The molecule has 3 aromatic rings. The number of anilines is 1. The number of rotatable bonds is 8. The lowest BCUT2D eigenvalue weighted by molar-refractivity contribution is -0.113. The van der Waals surface area contributed by atoms with E-state index in [2.05, 4.69) is 15.4 Å². The fraction of sp³-hybridized carbons (Fsp3) is 0.211. The normalized spacial score (nSPS) is 11.5. The van der Waals surface area contributed by atoms with Crippen molar-refractivity contribution in [1.29, 1.82) is 0 Å². The molecule has 2 aromatic carbocycles. The fourth-order valence-corrected chi connectivity index (χ4v) is 4.17. The summed E-state index contributed by atoms with van der Waals surface area (Å²) in [5.41, 5.74) is 1.22. The zero-order valence-corrected chi connectivity index (χ0v) is 18.3. The van der Waals surface area contributed by atoms with Gasteiger partial charge in [-0.3, -0.25) is 4.79 Å². The minimum atomic E-state index is -3.73. The fourth-order valence-electron chi connectivity index (χ4n) is 2.50. The van der Waals surface area contributed by atoms with Crippen LogP contribution in [0.2, 0.25) is 0 Å². The number of benzene rings is 2. The van der Waals surface area contributed by atoms with Gasteiger partial charge in [0.25, 0.3) is 0 Å².